The van der Waals surface area contributed by atoms with Crippen LogP contribution in [0.5, 0.6) is 0 Å². The Kier molecular flexibility index (Phi) is 3.67. The van der Waals surface area contributed by atoms with Crippen LogP contribution in [-0.4, -0.2) is 24.3 Å². The molecule has 1 unspecified atom stereocenters. The maximum atomic E-state index is 11.6. The van der Waals surface area contributed by atoms with E-state index in [0.717, 1.165) is 44.1 Å². The van der Waals surface area contributed by atoms with Crippen LogP contribution in [0.25, 0.3) is 0 Å². The molecule has 0 heterocycles. The molecule has 0 aromatic carbocycles. The number of methoxy groups -OCH3 is 1. The van der Waals surface area contributed by atoms with Crippen LogP contribution in [0.3, 0.4) is 0 Å². The summed E-state index contributed by atoms with van der Waals surface area (Å²) in [4.78, 5) is 11.6. The minimum Gasteiger partial charge on any atom is -0.481 e. The van der Waals surface area contributed by atoms with Gasteiger partial charge in [0.2, 0.25) is 0 Å². The second-order valence-corrected chi connectivity index (χ2v) is 4.98. The number of aliphatic carboxylic acids is 1. The molecule has 0 radical (unpaired) electrons. The quantitative estimate of drug-likeness (QED) is 0.819. The van der Waals surface area contributed by atoms with Gasteiger partial charge in [0.25, 0.3) is 0 Å². The first-order valence-electron chi connectivity index (χ1n) is 6.34. The van der Waals surface area contributed by atoms with E-state index in [4.69, 9.17) is 4.74 Å². The van der Waals surface area contributed by atoms with Gasteiger partial charge in [-0.15, -0.1) is 0 Å². The predicted molar refractivity (Wildman–Crippen MR) is 65.8 cm³/mol. The lowest BCUT2D eigenvalue weighted by molar-refractivity contribution is -0.148. The highest BCUT2D eigenvalue weighted by atomic mass is 16.5. The largest absolute Gasteiger partial charge is 0.481 e. The highest BCUT2D eigenvalue weighted by Crippen LogP contribution is 2.44. The second-order valence-electron chi connectivity index (χ2n) is 4.98. The predicted octanol–water partition coefficient (Wildman–Crippen LogP) is 2.92. The van der Waals surface area contributed by atoms with Gasteiger partial charge < -0.3 is 9.84 Å². The monoisotopic (exact) mass is 236 g/mol. The fraction of sp³-hybridized carbons (Fsp3) is 0.643. The molecule has 3 heteroatoms. The number of carboxylic acids is 1. The van der Waals surface area contributed by atoms with Crippen LogP contribution in [-0.2, 0) is 9.53 Å². The molecule has 3 nitrogen and oxygen atoms in total. The first kappa shape index (κ1) is 12.4. The summed E-state index contributed by atoms with van der Waals surface area (Å²) in [6.07, 6.45) is 11.6. The van der Waals surface area contributed by atoms with Crippen LogP contribution in [0.2, 0.25) is 0 Å². The molecule has 0 aromatic rings. The summed E-state index contributed by atoms with van der Waals surface area (Å²) in [6.45, 7) is 0. The number of allylic oxidation sites excluding steroid dienone is 1. The summed E-state index contributed by atoms with van der Waals surface area (Å²) in [5.74, 6) is -0.663. The lowest BCUT2D eigenvalue weighted by atomic mass is 9.68. The zero-order chi connectivity index (χ0) is 12.3. The van der Waals surface area contributed by atoms with Crippen molar-refractivity contribution >= 4 is 5.97 Å². The van der Waals surface area contributed by atoms with E-state index < -0.39 is 11.4 Å². The maximum absolute atomic E-state index is 11.6. The van der Waals surface area contributed by atoms with Crippen molar-refractivity contribution in [2.75, 3.05) is 7.11 Å². The lowest BCUT2D eigenvalue weighted by Gasteiger charge is -2.35. The third-order valence-electron chi connectivity index (χ3n) is 4.03. The molecule has 1 atom stereocenters. The van der Waals surface area contributed by atoms with Gasteiger partial charge in [-0.3, -0.25) is 4.79 Å². The highest BCUT2D eigenvalue weighted by Gasteiger charge is 2.42. The number of carboxylic acid groups (broad SMARTS) is 1. The Hall–Kier alpha value is -1.09. The SMILES string of the molecule is COC1C=CC(C2(C(=O)O)CCCCC2)=CC1. The summed E-state index contributed by atoms with van der Waals surface area (Å²) in [7, 11) is 1.68. The molecule has 0 aliphatic heterocycles. The summed E-state index contributed by atoms with van der Waals surface area (Å²) in [5.41, 5.74) is 0.353. The van der Waals surface area contributed by atoms with Crippen LogP contribution in [0.1, 0.15) is 38.5 Å². The van der Waals surface area contributed by atoms with Crippen LogP contribution in [0.4, 0.5) is 0 Å². The van der Waals surface area contributed by atoms with Crippen molar-refractivity contribution in [3.8, 4) is 0 Å². The minimum absolute atomic E-state index is 0.105. The van der Waals surface area contributed by atoms with Gasteiger partial charge in [-0.05, 0) is 24.8 Å². The number of ether oxygens (including phenoxy) is 1. The van der Waals surface area contributed by atoms with E-state index in [2.05, 4.69) is 0 Å². The van der Waals surface area contributed by atoms with Crippen molar-refractivity contribution in [1.29, 1.82) is 0 Å². The van der Waals surface area contributed by atoms with E-state index in [1.165, 1.54) is 0 Å². The van der Waals surface area contributed by atoms with Crippen molar-refractivity contribution in [3.05, 3.63) is 23.8 Å². The Balaban J connectivity index is 2.21. The molecule has 1 saturated carbocycles. The number of carbonyl (C=O) groups is 1. The minimum atomic E-state index is -0.663. The molecule has 2 aliphatic carbocycles. The molecule has 0 aromatic heterocycles. The van der Waals surface area contributed by atoms with E-state index in [0.29, 0.717) is 0 Å². The van der Waals surface area contributed by atoms with Crippen LogP contribution in [0.15, 0.2) is 23.8 Å². The Bertz CT molecular complexity index is 348. The summed E-state index contributed by atoms with van der Waals surface area (Å²) >= 11 is 0. The van der Waals surface area contributed by atoms with Crippen LogP contribution >= 0.6 is 0 Å². The molecular formula is C14H20O3. The Morgan fingerprint density at radius 3 is 2.59 bits per heavy atom. The van der Waals surface area contributed by atoms with Crippen LogP contribution in [0, 0.1) is 5.41 Å². The lowest BCUT2D eigenvalue weighted by Crippen LogP contribution is -2.35. The molecular weight excluding hydrogens is 216 g/mol. The first-order valence-corrected chi connectivity index (χ1v) is 6.34. The van der Waals surface area contributed by atoms with Gasteiger partial charge in [-0.1, -0.05) is 37.5 Å². The fourth-order valence-electron chi connectivity index (χ4n) is 2.91. The Morgan fingerprint density at radius 1 is 1.41 bits per heavy atom. The number of hydrogen-bond acceptors (Lipinski definition) is 2. The average Bonchev–Trinajstić information content (AvgIpc) is 2.39. The van der Waals surface area contributed by atoms with Crippen molar-refractivity contribution in [3.63, 3.8) is 0 Å². The normalized spacial score (nSPS) is 27.6. The molecule has 0 saturated heterocycles. The molecule has 17 heavy (non-hydrogen) atoms. The smallest absolute Gasteiger partial charge is 0.314 e. The van der Waals surface area contributed by atoms with E-state index in [1.807, 2.05) is 18.2 Å². The zero-order valence-electron chi connectivity index (χ0n) is 10.3. The Labute approximate surface area is 102 Å². The van der Waals surface area contributed by atoms with Crippen molar-refractivity contribution in [2.24, 2.45) is 5.41 Å². The molecule has 0 bridgehead atoms. The van der Waals surface area contributed by atoms with Crippen molar-refractivity contribution < 1.29 is 14.6 Å². The highest BCUT2D eigenvalue weighted by molar-refractivity contribution is 5.80. The van der Waals surface area contributed by atoms with Crippen LogP contribution < -0.4 is 0 Å². The standard InChI is InChI=1S/C14H20O3/c1-17-12-7-5-11(6-8-12)14(13(15)16)9-3-2-4-10-14/h5-7,12H,2-4,8-10H2,1H3,(H,15,16). The van der Waals surface area contributed by atoms with Gasteiger partial charge in [0.1, 0.15) is 0 Å². The third-order valence-corrected chi connectivity index (χ3v) is 4.03. The van der Waals surface area contributed by atoms with E-state index in [-0.39, 0.29) is 6.10 Å². The summed E-state index contributed by atoms with van der Waals surface area (Å²) in [6, 6.07) is 0. The van der Waals surface area contributed by atoms with Gasteiger partial charge in [0.05, 0.1) is 11.5 Å². The molecule has 1 N–H and O–H groups in total. The maximum Gasteiger partial charge on any atom is 0.314 e. The van der Waals surface area contributed by atoms with Crippen molar-refractivity contribution in [1.82, 2.24) is 0 Å². The fourth-order valence-corrected chi connectivity index (χ4v) is 2.91. The summed E-state index contributed by atoms with van der Waals surface area (Å²) in [5, 5.41) is 9.56. The topological polar surface area (TPSA) is 46.5 Å². The van der Waals surface area contributed by atoms with E-state index in [9.17, 15) is 9.90 Å². The van der Waals surface area contributed by atoms with Crippen molar-refractivity contribution in [2.45, 2.75) is 44.6 Å². The molecule has 0 amide bonds. The van der Waals surface area contributed by atoms with Gasteiger partial charge in [-0.2, -0.15) is 0 Å². The summed E-state index contributed by atoms with van der Waals surface area (Å²) < 4.78 is 5.24. The number of rotatable bonds is 3. The molecule has 0 spiro atoms. The van der Waals surface area contributed by atoms with Gasteiger partial charge in [-0.25, -0.2) is 0 Å². The molecule has 1 fully saturated rings. The van der Waals surface area contributed by atoms with Gasteiger partial charge >= 0.3 is 5.97 Å². The van der Waals surface area contributed by atoms with E-state index in [1.54, 1.807) is 7.11 Å². The number of hydrogen-bond donors (Lipinski definition) is 1. The second kappa shape index (κ2) is 5.05. The first-order chi connectivity index (χ1) is 8.19. The molecule has 2 rings (SSSR count). The molecule has 94 valence electrons. The van der Waals surface area contributed by atoms with Gasteiger partial charge in [0.15, 0.2) is 0 Å². The van der Waals surface area contributed by atoms with E-state index >= 15 is 0 Å². The molecule has 2 aliphatic rings. The van der Waals surface area contributed by atoms with Gasteiger partial charge in [0, 0.05) is 7.11 Å². The Morgan fingerprint density at radius 2 is 2.12 bits per heavy atom. The third kappa shape index (κ3) is 2.29. The average molecular weight is 236 g/mol. The zero-order valence-corrected chi connectivity index (χ0v) is 10.3.